The molecule has 3 heteroatoms. The van der Waals surface area contributed by atoms with Crippen LogP contribution in [0.15, 0.2) is 54.7 Å². The highest BCUT2D eigenvalue weighted by molar-refractivity contribution is 5.92. The summed E-state index contributed by atoms with van der Waals surface area (Å²) >= 11 is 0. The van der Waals surface area contributed by atoms with E-state index in [1.807, 2.05) is 47.4 Å². The molecule has 1 unspecified atom stereocenters. The Morgan fingerprint density at radius 2 is 1.95 bits per heavy atom. The van der Waals surface area contributed by atoms with E-state index in [0.29, 0.717) is 0 Å². The molecular formula is C17H18N2O. The zero-order valence-electron chi connectivity index (χ0n) is 11.6. The van der Waals surface area contributed by atoms with Crippen LogP contribution in [0.25, 0.3) is 6.08 Å². The van der Waals surface area contributed by atoms with Crippen LogP contribution in [0, 0.1) is 0 Å². The van der Waals surface area contributed by atoms with Crippen LogP contribution in [-0.2, 0) is 11.3 Å². The molecule has 3 nitrogen and oxygen atoms in total. The van der Waals surface area contributed by atoms with E-state index in [-0.39, 0.29) is 11.9 Å². The fourth-order valence-corrected chi connectivity index (χ4v) is 2.71. The highest BCUT2D eigenvalue weighted by Gasteiger charge is 2.25. The maximum absolute atomic E-state index is 12.3. The molecule has 0 aliphatic carbocycles. The van der Waals surface area contributed by atoms with Gasteiger partial charge in [-0.3, -0.25) is 4.79 Å². The van der Waals surface area contributed by atoms with Crippen LogP contribution < -0.4 is 0 Å². The summed E-state index contributed by atoms with van der Waals surface area (Å²) in [5, 5.41) is 0. The second-order valence-electron chi connectivity index (χ2n) is 5.08. The van der Waals surface area contributed by atoms with Crippen LogP contribution in [0.1, 0.15) is 24.2 Å². The third-order valence-corrected chi connectivity index (χ3v) is 3.84. The monoisotopic (exact) mass is 266 g/mol. The maximum atomic E-state index is 12.3. The van der Waals surface area contributed by atoms with Crippen LogP contribution in [0.3, 0.4) is 0 Å². The predicted molar refractivity (Wildman–Crippen MR) is 80.0 cm³/mol. The summed E-state index contributed by atoms with van der Waals surface area (Å²) in [4.78, 5) is 14.3. The second kappa shape index (κ2) is 5.37. The molecule has 20 heavy (non-hydrogen) atoms. The van der Waals surface area contributed by atoms with Gasteiger partial charge in [0.05, 0.1) is 6.04 Å². The van der Waals surface area contributed by atoms with Gasteiger partial charge in [-0.2, -0.15) is 0 Å². The van der Waals surface area contributed by atoms with E-state index in [2.05, 4.69) is 23.8 Å². The van der Waals surface area contributed by atoms with Gasteiger partial charge in [-0.1, -0.05) is 30.3 Å². The molecule has 1 aromatic heterocycles. The largest absolute Gasteiger partial charge is 0.348 e. The van der Waals surface area contributed by atoms with Crippen molar-refractivity contribution < 1.29 is 4.79 Å². The van der Waals surface area contributed by atoms with E-state index in [1.165, 1.54) is 5.69 Å². The molecule has 0 radical (unpaired) electrons. The van der Waals surface area contributed by atoms with Crippen LogP contribution in [0.5, 0.6) is 0 Å². The molecule has 2 aromatic rings. The third kappa shape index (κ3) is 2.39. The molecule has 0 N–H and O–H groups in total. The van der Waals surface area contributed by atoms with Crippen molar-refractivity contribution in [3.05, 3.63) is 66.0 Å². The molecule has 1 aliphatic rings. The summed E-state index contributed by atoms with van der Waals surface area (Å²) in [5.74, 6) is 0.0776. The quantitative estimate of drug-likeness (QED) is 0.767. The summed E-state index contributed by atoms with van der Waals surface area (Å²) in [5.41, 5.74) is 2.26. The van der Waals surface area contributed by atoms with Crippen molar-refractivity contribution in [3.63, 3.8) is 0 Å². The lowest BCUT2D eigenvalue weighted by Gasteiger charge is -2.34. The van der Waals surface area contributed by atoms with Gasteiger partial charge in [0.2, 0.25) is 5.91 Å². The molecular weight excluding hydrogens is 248 g/mol. The van der Waals surface area contributed by atoms with E-state index in [4.69, 9.17) is 0 Å². The summed E-state index contributed by atoms with van der Waals surface area (Å²) in [6.45, 7) is 3.72. The van der Waals surface area contributed by atoms with Gasteiger partial charge < -0.3 is 9.47 Å². The number of hydrogen-bond donors (Lipinski definition) is 0. The third-order valence-electron chi connectivity index (χ3n) is 3.84. The Morgan fingerprint density at radius 1 is 1.15 bits per heavy atom. The lowest BCUT2D eigenvalue weighted by Crippen LogP contribution is -2.39. The Bertz CT molecular complexity index is 627. The highest BCUT2D eigenvalue weighted by Crippen LogP contribution is 2.25. The minimum absolute atomic E-state index is 0.0776. The number of amides is 1. The van der Waals surface area contributed by atoms with Crippen molar-refractivity contribution in [2.45, 2.75) is 19.5 Å². The molecule has 0 bridgehead atoms. The van der Waals surface area contributed by atoms with Crippen LogP contribution in [0.2, 0.25) is 0 Å². The predicted octanol–water partition coefficient (Wildman–Crippen LogP) is 3.10. The van der Waals surface area contributed by atoms with Gasteiger partial charge in [0, 0.05) is 31.1 Å². The molecule has 0 spiro atoms. The lowest BCUT2D eigenvalue weighted by molar-refractivity contribution is -0.129. The number of aromatic nitrogens is 1. The minimum Gasteiger partial charge on any atom is -0.348 e. The molecule has 0 saturated heterocycles. The van der Waals surface area contributed by atoms with E-state index < -0.39 is 0 Å². The molecule has 1 amide bonds. The Kier molecular flexibility index (Phi) is 3.42. The minimum atomic E-state index is 0.0776. The number of rotatable bonds is 2. The molecule has 1 aromatic carbocycles. The maximum Gasteiger partial charge on any atom is 0.247 e. The molecule has 0 saturated carbocycles. The highest BCUT2D eigenvalue weighted by atomic mass is 16.2. The van der Waals surface area contributed by atoms with E-state index >= 15 is 0 Å². The summed E-state index contributed by atoms with van der Waals surface area (Å²) in [7, 11) is 0. The van der Waals surface area contributed by atoms with Crippen molar-refractivity contribution in [2.75, 3.05) is 6.54 Å². The smallest absolute Gasteiger partial charge is 0.247 e. The van der Waals surface area contributed by atoms with E-state index in [0.717, 1.165) is 18.7 Å². The van der Waals surface area contributed by atoms with Gasteiger partial charge in [0.15, 0.2) is 0 Å². The summed E-state index contributed by atoms with van der Waals surface area (Å²) in [6.07, 6.45) is 5.63. The first-order valence-electron chi connectivity index (χ1n) is 6.94. The SMILES string of the molecule is CC1c2cccn2CCN1C(=O)C=Cc1ccccc1. The normalized spacial score (nSPS) is 18.2. The van der Waals surface area contributed by atoms with Crippen molar-refractivity contribution in [1.29, 1.82) is 0 Å². The average molecular weight is 266 g/mol. The van der Waals surface area contributed by atoms with Gasteiger partial charge >= 0.3 is 0 Å². The van der Waals surface area contributed by atoms with Crippen LogP contribution >= 0.6 is 0 Å². The molecule has 1 atom stereocenters. The van der Waals surface area contributed by atoms with Gasteiger partial charge in [-0.25, -0.2) is 0 Å². The Hall–Kier alpha value is -2.29. The van der Waals surface area contributed by atoms with Crippen molar-refractivity contribution >= 4 is 12.0 Å². The van der Waals surface area contributed by atoms with Gasteiger partial charge in [-0.15, -0.1) is 0 Å². The second-order valence-corrected chi connectivity index (χ2v) is 5.08. The summed E-state index contributed by atoms with van der Waals surface area (Å²) < 4.78 is 2.22. The molecule has 1 aliphatic heterocycles. The first-order chi connectivity index (χ1) is 9.75. The topological polar surface area (TPSA) is 25.2 Å². The number of carbonyl (C=O) groups is 1. The summed E-state index contributed by atoms with van der Waals surface area (Å²) in [6, 6.07) is 14.2. The van der Waals surface area contributed by atoms with Crippen molar-refractivity contribution in [3.8, 4) is 0 Å². The zero-order valence-corrected chi connectivity index (χ0v) is 11.6. The Balaban J connectivity index is 1.74. The van der Waals surface area contributed by atoms with E-state index in [9.17, 15) is 4.79 Å². The number of nitrogens with zero attached hydrogens (tertiary/aromatic N) is 2. The Morgan fingerprint density at radius 3 is 2.75 bits per heavy atom. The standard InChI is InChI=1S/C17H18N2O/c1-14-16-8-5-11-18(16)12-13-19(14)17(20)10-9-15-6-3-2-4-7-15/h2-11,14H,12-13H2,1H3. The average Bonchev–Trinajstić information content (AvgIpc) is 2.96. The van der Waals surface area contributed by atoms with Gasteiger partial charge in [-0.05, 0) is 30.7 Å². The first kappa shape index (κ1) is 12.7. The number of benzene rings is 1. The molecule has 102 valence electrons. The van der Waals surface area contributed by atoms with Crippen LogP contribution in [-0.4, -0.2) is 21.9 Å². The van der Waals surface area contributed by atoms with Crippen molar-refractivity contribution in [2.24, 2.45) is 0 Å². The van der Waals surface area contributed by atoms with Crippen molar-refractivity contribution in [1.82, 2.24) is 9.47 Å². The fraction of sp³-hybridized carbons (Fsp3) is 0.235. The fourth-order valence-electron chi connectivity index (χ4n) is 2.71. The number of carbonyl (C=O) groups excluding carboxylic acids is 1. The number of fused-ring (bicyclic) bond motifs is 1. The first-order valence-corrected chi connectivity index (χ1v) is 6.94. The molecule has 0 fully saturated rings. The van der Waals surface area contributed by atoms with Gasteiger partial charge in [0.25, 0.3) is 0 Å². The molecule has 2 heterocycles. The number of hydrogen-bond acceptors (Lipinski definition) is 1. The van der Waals surface area contributed by atoms with E-state index in [1.54, 1.807) is 6.08 Å². The van der Waals surface area contributed by atoms with Gasteiger partial charge in [0.1, 0.15) is 0 Å². The zero-order chi connectivity index (χ0) is 13.9. The Labute approximate surface area is 119 Å². The molecule has 3 rings (SSSR count). The van der Waals surface area contributed by atoms with Crippen LogP contribution in [0.4, 0.5) is 0 Å². The lowest BCUT2D eigenvalue weighted by atomic mass is 10.1.